The van der Waals surface area contributed by atoms with E-state index in [1.807, 2.05) is 67.2 Å². The molecule has 2 aromatic rings. The molecule has 0 spiro atoms. The molecule has 0 unspecified atom stereocenters. The van der Waals surface area contributed by atoms with Crippen LogP contribution in [0.15, 0.2) is 48.8 Å². The molecule has 0 radical (unpaired) electrons. The zero-order valence-electron chi connectivity index (χ0n) is 11.3. The first-order chi connectivity index (χ1) is 9.16. The second-order valence-electron chi connectivity index (χ2n) is 4.76. The van der Waals surface area contributed by atoms with Gasteiger partial charge in [-0.3, -0.25) is 4.79 Å². The molecule has 0 saturated heterocycles. The van der Waals surface area contributed by atoms with E-state index in [1.165, 1.54) is 0 Å². The van der Waals surface area contributed by atoms with Gasteiger partial charge in [0, 0.05) is 29.4 Å². The first-order valence-corrected chi connectivity index (χ1v) is 6.41. The van der Waals surface area contributed by atoms with E-state index >= 15 is 0 Å². The Morgan fingerprint density at radius 1 is 1.21 bits per heavy atom. The van der Waals surface area contributed by atoms with E-state index in [4.69, 9.17) is 0 Å². The van der Waals surface area contributed by atoms with Gasteiger partial charge >= 0.3 is 0 Å². The zero-order valence-corrected chi connectivity index (χ0v) is 11.3. The van der Waals surface area contributed by atoms with Gasteiger partial charge in [0.2, 0.25) is 0 Å². The molecular weight excluding hydrogens is 234 g/mol. The molecule has 0 aliphatic heterocycles. The number of nitrogens with zero attached hydrogens (tertiary/aromatic N) is 1. The second kappa shape index (κ2) is 6.06. The molecule has 1 aromatic heterocycles. The van der Waals surface area contributed by atoms with E-state index in [9.17, 15) is 4.79 Å². The van der Waals surface area contributed by atoms with Crippen molar-refractivity contribution in [2.75, 3.05) is 0 Å². The summed E-state index contributed by atoms with van der Waals surface area (Å²) in [5, 5.41) is 0. The maximum Gasteiger partial charge on any atom is 0.166 e. The molecule has 1 aromatic carbocycles. The average molecular weight is 251 g/mol. The molecule has 96 valence electrons. The number of Topliss-reactive ketones (excluding diaryl/α,β-unsaturated/α-hetero) is 1. The van der Waals surface area contributed by atoms with Crippen molar-refractivity contribution in [3.63, 3.8) is 0 Å². The molecule has 2 heteroatoms. The van der Waals surface area contributed by atoms with Gasteiger partial charge in [-0.1, -0.05) is 43.9 Å². The summed E-state index contributed by atoms with van der Waals surface area (Å²) in [5.74, 6) is 6.41. The van der Waals surface area contributed by atoms with Crippen molar-refractivity contribution in [2.24, 2.45) is 5.92 Å². The minimum Gasteiger partial charge on any atom is -0.342 e. The second-order valence-corrected chi connectivity index (χ2v) is 4.76. The number of hydrogen-bond acceptors (Lipinski definition) is 1. The first kappa shape index (κ1) is 13.2. The lowest BCUT2D eigenvalue weighted by Crippen LogP contribution is -2.06. The van der Waals surface area contributed by atoms with Crippen LogP contribution in [0.4, 0.5) is 0 Å². The SMILES string of the molecule is CC(C)C(=O)c1ccn(CC#Cc2ccccc2)c1. The zero-order chi connectivity index (χ0) is 13.7. The van der Waals surface area contributed by atoms with E-state index in [0.717, 1.165) is 11.1 Å². The van der Waals surface area contributed by atoms with Gasteiger partial charge in [0.1, 0.15) is 0 Å². The fourth-order valence-electron chi connectivity index (χ4n) is 1.77. The summed E-state index contributed by atoms with van der Waals surface area (Å²) in [6, 6.07) is 11.7. The maximum atomic E-state index is 11.8. The molecule has 1 heterocycles. The standard InChI is InChI=1S/C17H17NO/c1-14(2)17(19)16-10-12-18(13-16)11-6-9-15-7-4-3-5-8-15/h3-5,7-8,10,12-14H,11H2,1-2H3. The van der Waals surface area contributed by atoms with Crippen LogP contribution >= 0.6 is 0 Å². The number of ketones is 1. The summed E-state index contributed by atoms with van der Waals surface area (Å²) in [4.78, 5) is 11.8. The van der Waals surface area contributed by atoms with Crippen LogP contribution in [0, 0.1) is 17.8 Å². The Morgan fingerprint density at radius 3 is 2.63 bits per heavy atom. The smallest absolute Gasteiger partial charge is 0.166 e. The normalized spacial score (nSPS) is 10.1. The third-order valence-corrected chi connectivity index (χ3v) is 2.83. The third kappa shape index (κ3) is 3.59. The number of hydrogen-bond donors (Lipinski definition) is 0. The Kier molecular flexibility index (Phi) is 4.20. The summed E-state index contributed by atoms with van der Waals surface area (Å²) in [6.45, 7) is 4.42. The van der Waals surface area contributed by atoms with E-state index in [2.05, 4.69) is 11.8 Å². The maximum absolute atomic E-state index is 11.8. The molecule has 0 fully saturated rings. The molecule has 0 aliphatic rings. The van der Waals surface area contributed by atoms with Gasteiger partial charge in [-0.2, -0.15) is 0 Å². The Hall–Kier alpha value is -2.27. The van der Waals surface area contributed by atoms with E-state index in [0.29, 0.717) is 6.54 Å². The van der Waals surface area contributed by atoms with Crippen LogP contribution in [0.1, 0.15) is 29.8 Å². The fourth-order valence-corrected chi connectivity index (χ4v) is 1.77. The van der Waals surface area contributed by atoms with Gasteiger partial charge in [-0.05, 0) is 18.2 Å². The van der Waals surface area contributed by atoms with Crippen LogP contribution in [0.25, 0.3) is 0 Å². The summed E-state index contributed by atoms with van der Waals surface area (Å²) >= 11 is 0. The lowest BCUT2D eigenvalue weighted by molar-refractivity contribution is 0.0939. The van der Waals surface area contributed by atoms with Gasteiger partial charge in [0.15, 0.2) is 5.78 Å². The highest BCUT2D eigenvalue weighted by molar-refractivity contribution is 5.97. The van der Waals surface area contributed by atoms with E-state index < -0.39 is 0 Å². The predicted molar refractivity (Wildman–Crippen MR) is 76.9 cm³/mol. The van der Waals surface area contributed by atoms with Crippen LogP contribution in [-0.2, 0) is 6.54 Å². The summed E-state index contributed by atoms with van der Waals surface area (Å²) in [6.07, 6.45) is 3.76. The number of benzene rings is 1. The minimum absolute atomic E-state index is 0.0336. The van der Waals surface area contributed by atoms with Crippen LogP contribution in [0.3, 0.4) is 0 Å². The lowest BCUT2D eigenvalue weighted by atomic mass is 10.0. The topological polar surface area (TPSA) is 22.0 Å². The summed E-state index contributed by atoms with van der Waals surface area (Å²) in [5.41, 5.74) is 1.77. The van der Waals surface area contributed by atoms with Crippen LogP contribution in [0.5, 0.6) is 0 Å². The summed E-state index contributed by atoms with van der Waals surface area (Å²) in [7, 11) is 0. The Bertz CT molecular complexity index is 611. The van der Waals surface area contributed by atoms with Crippen LogP contribution in [0.2, 0.25) is 0 Å². The highest BCUT2D eigenvalue weighted by Crippen LogP contribution is 2.08. The fraction of sp³-hybridized carbons (Fsp3) is 0.235. The van der Waals surface area contributed by atoms with Crippen molar-refractivity contribution in [3.8, 4) is 11.8 Å². The van der Waals surface area contributed by atoms with Crippen LogP contribution < -0.4 is 0 Å². The van der Waals surface area contributed by atoms with Crippen LogP contribution in [-0.4, -0.2) is 10.4 Å². The van der Waals surface area contributed by atoms with Crippen molar-refractivity contribution in [3.05, 3.63) is 59.9 Å². The van der Waals surface area contributed by atoms with Crippen molar-refractivity contribution in [2.45, 2.75) is 20.4 Å². The monoisotopic (exact) mass is 251 g/mol. The number of aromatic nitrogens is 1. The van der Waals surface area contributed by atoms with Crippen molar-refractivity contribution < 1.29 is 4.79 Å². The molecular formula is C17H17NO. The largest absolute Gasteiger partial charge is 0.342 e. The molecule has 0 saturated carbocycles. The molecule has 2 rings (SSSR count). The minimum atomic E-state index is 0.0336. The molecule has 0 aliphatic carbocycles. The Balaban J connectivity index is 2.02. The number of carbonyl (C=O) groups is 1. The first-order valence-electron chi connectivity index (χ1n) is 6.41. The summed E-state index contributed by atoms with van der Waals surface area (Å²) < 4.78 is 1.94. The van der Waals surface area contributed by atoms with Gasteiger partial charge in [-0.25, -0.2) is 0 Å². The number of carbonyl (C=O) groups excluding carboxylic acids is 1. The van der Waals surface area contributed by atoms with Crippen molar-refractivity contribution in [1.82, 2.24) is 4.57 Å². The third-order valence-electron chi connectivity index (χ3n) is 2.83. The van der Waals surface area contributed by atoms with Crippen molar-refractivity contribution in [1.29, 1.82) is 0 Å². The quantitative estimate of drug-likeness (QED) is 0.605. The molecule has 19 heavy (non-hydrogen) atoms. The lowest BCUT2D eigenvalue weighted by Gasteiger charge is -2.00. The number of rotatable bonds is 3. The van der Waals surface area contributed by atoms with Gasteiger partial charge in [0.05, 0.1) is 6.54 Å². The predicted octanol–water partition coefficient (Wildman–Crippen LogP) is 3.38. The average Bonchev–Trinajstić information content (AvgIpc) is 2.88. The molecule has 0 amide bonds. The molecule has 0 atom stereocenters. The van der Waals surface area contributed by atoms with Gasteiger partial charge in [-0.15, -0.1) is 0 Å². The van der Waals surface area contributed by atoms with Crippen molar-refractivity contribution >= 4 is 5.78 Å². The van der Waals surface area contributed by atoms with E-state index in [1.54, 1.807) is 0 Å². The Morgan fingerprint density at radius 2 is 1.95 bits per heavy atom. The van der Waals surface area contributed by atoms with Gasteiger partial charge in [0.25, 0.3) is 0 Å². The van der Waals surface area contributed by atoms with E-state index in [-0.39, 0.29) is 11.7 Å². The molecule has 0 bridgehead atoms. The highest BCUT2D eigenvalue weighted by atomic mass is 16.1. The van der Waals surface area contributed by atoms with Gasteiger partial charge < -0.3 is 4.57 Å². The molecule has 0 N–H and O–H groups in total. The Labute approximate surface area is 114 Å². The highest BCUT2D eigenvalue weighted by Gasteiger charge is 2.10. The molecule has 2 nitrogen and oxygen atoms in total.